The Kier molecular flexibility index (Phi) is 2.50. The fourth-order valence-corrected chi connectivity index (χ4v) is 1.57. The molecule has 11 heavy (non-hydrogen) atoms. The van der Waals surface area contributed by atoms with Gasteiger partial charge in [0.25, 0.3) is 0 Å². The van der Waals surface area contributed by atoms with Crippen molar-refractivity contribution < 1.29 is 5.11 Å². The van der Waals surface area contributed by atoms with E-state index in [0.29, 0.717) is 5.92 Å². The maximum atomic E-state index is 9.61. The van der Waals surface area contributed by atoms with Crippen molar-refractivity contribution in [2.45, 2.75) is 32.8 Å². The van der Waals surface area contributed by atoms with Crippen LogP contribution < -0.4 is 0 Å². The highest BCUT2D eigenvalue weighted by Crippen LogP contribution is 2.28. The van der Waals surface area contributed by atoms with Crippen molar-refractivity contribution in [2.24, 2.45) is 5.92 Å². The molecule has 62 valence electrons. The van der Waals surface area contributed by atoms with Crippen LogP contribution in [-0.4, -0.2) is 11.2 Å². The molecule has 0 aromatic rings. The molecular weight excluding hydrogens is 136 g/mol. The molecule has 1 heteroatoms. The summed E-state index contributed by atoms with van der Waals surface area (Å²) in [6, 6.07) is 0. The lowest BCUT2D eigenvalue weighted by atomic mass is 9.83. The Balaban J connectivity index is 2.65. The lowest BCUT2D eigenvalue weighted by Gasteiger charge is -2.26. The normalized spacial score (nSPS) is 31.4. The van der Waals surface area contributed by atoms with E-state index in [0.717, 1.165) is 18.4 Å². The lowest BCUT2D eigenvalue weighted by molar-refractivity contribution is 0.120. The predicted molar refractivity (Wildman–Crippen MR) is 47.3 cm³/mol. The van der Waals surface area contributed by atoms with E-state index in [1.54, 1.807) is 0 Å². The Morgan fingerprint density at radius 3 is 2.82 bits per heavy atom. The SMILES string of the molecule is C=C(C)[C@@H]1CC=C(C)CC1O. The van der Waals surface area contributed by atoms with Crippen LogP contribution in [0.4, 0.5) is 0 Å². The Hall–Kier alpha value is -0.560. The molecule has 0 saturated carbocycles. The van der Waals surface area contributed by atoms with E-state index < -0.39 is 0 Å². The lowest BCUT2D eigenvalue weighted by Crippen LogP contribution is -2.24. The smallest absolute Gasteiger partial charge is 0.0645 e. The highest BCUT2D eigenvalue weighted by Gasteiger charge is 2.22. The minimum absolute atomic E-state index is 0.197. The Bertz CT molecular complexity index is 191. The van der Waals surface area contributed by atoms with Crippen LogP contribution in [0, 0.1) is 5.92 Å². The van der Waals surface area contributed by atoms with E-state index in [2.05, 4.69) is 19.6 Å². The van der Waals surface area contributed by atoms with Crippen molar-refractivity contribution in [3.05, 3.63) is 23.8 Å². The molecule has 1 aliphatic carbocycles. The van der Waals surface area contributed by atoms with E-state index in [4.69, 9.17) is 0 Å². The number of aliphatic hydroxyl groups excluding tert-OH is 1. The third-order valence-corrected chi connectivity index (χ3v) is 2.35. The van der Waals surface area contributed by atoms with Gasteiger partial charge in [-0.25, -0.2) is 0 Å². The fraction of sp³-hybridized carbons (Fsp3) is 0.600. The fourth-order valence-electron chi connectivity index (χ4n) is 1.57. The van der Waals surface area contributed by atoms with Crippen molar-refractivity contribution in [1.82, 2.24) is 0 Å². The molecule has 1 unspecified atom stereocenters. The second-order valence-electron chi connectivity index (χ2n) is 3.51. The molecular formula is C10H16O. The third kappa shape index (κ3) is 1.93. The predicted octanol–water partition coefficient (Wildman–Crippen LogP) is 2.28. The van der Waals surface area contributed by atoms with Crippen LogP contribution in [0.5, 0.6) is 0 Å². The Morgan fingerprint density at radius 2 is 2.36 bits per heavy atom. The van der Waals surface area contributed by atoms with Crippen molar-refractivity contribution in [3.63, 3.8) is 0 Å². The van der Waals surface area contributed by atoms with Crippen LogP contribution in [0.3, 0.4) is 0 Å². The summed E-state index contributed by atoms with van der Waals surface area (Å²) in [5, 5.41) is 9.61. The zero-order valence-electron chi connectivity index (χ0n) is 7.30. The second-order valence-corrected chi connectivity index (χ2v) is 3.51. The molecule has 0 bridgehead atoms. The molecule has 0 aromatic carbocycles. The molecule has 2 atom stereocenters. The number of aliphatic hydroxyl groups is 1. The molecule has 0 heterocycles. The standard InChI is InChI=1S/C10H16O/c1-7(2)9-5-4-8(3)6-10(9)11/h4,9-11H,1,5-6H2,2-3H3/t9-,10?/m0/s1. The zero-order chi connectivity index (χ0) is 8.43. The first kappa shape index (κ1) is 8.54. The number of rotatable bonds is 1. The highest BCUT2D eigenvalue weighted by molar-refractivity contribution is 5.13. The number of hydrogen-bond donors (Lipinski definition) is 1. The quantitative estimate of drug-likeness (QED) is 0.571. The summed E-state index contributed by atoms with van der Waals surface area (Å²) in [5.74, 6) is 0.290. The van der Waals surface area contributed by atoms with Crippen LogP contribution in [-0.2, 0) is 0 Å². The summed E-state index contributed by atoms with van der Waals surface area (Å²) in [6.45, 7) is 7.92. The van der Waals surface area contributed by atoms with Gasteiger partial charge in [0.05, 0.1) is 6.10 Å². The molecule has 0 aliphatic heterocycles. The van der Waals surface area contributed by atoms with E-state index >= 15 is 0 Å². The Morgan fingerprint density at radius 1 is 1.73 bits per heavy atom. The van der Waals surface area contributed by atoms with Crippen LogP contribution in [0.25, 0.3) is 0 Å². The average Bonchev–Trinajstić information content (AvgIpc) is 1.85. The van der Waals surface area contributed by atoms with Gasteiger partial charge in [0, 0.05) is 5.92 Å². The summed E-state index contributed by atoms with van der Waals surface area (Å²) in [4.78, 5) is 0. The van der Waals surface area contributed by atoms with Crippen LogP contribution in [0.2, 0.25) is 0 Å². The van der Waals surface area contributed by atoms with Gasteiger partial charge >= 0.3 is 0 Å². The van der Waals surface area contributed by atoms with Crippen LogP contribution in [0.15, 0.2) is 23.8 Å². The molecule has 0 aromatic heterocycles. The van der Waals surface area contributed by atoms with E-state index in [1.165, 1.54) is 5.57 Å². The molecule has 0 radical (unpaired) electrons. The summed E-state index contributed by atoms with van der Waals surface area (Å²) < 4.78 is 0. The van der Waals surface area contributed by atoms with Gasteiger partial charge in [-0.15, -0.1) is 0 Å². The Labute approximate surface area is 68.4 Å². The summed E-state index contributed by atoms with van der Waals surface area (Å²) >= 11 is 0. The monoisotopic (exact) mass is 152 g/mol. The van der Waals surface area contributed by atoms with Gasteiger partial charge < -0.3 is 5.11 Å². The van der Waals surface area contributed by atoms with Gasteiger partial charge in [-0.2, -0.15) is 0 Å². The molecule has 1 aliphatic rings. The average molecular weight is 152 g/mol. The van der Waals surface area contributed by atoms with E-state index in [-0.39, 0.29) is 6.10 Å². The van der Waals surface area contributed by atoms with Crippen molar-refractivity contribution in [1.29, 1.82) is 0 Å². The van der Waals surface area contributed by atoms with Crippen molar-refractivity contribution in [2.75, 3.05) is 0 Å². The van der Waals surface area contributed by atoms with Gasteiger partial charge in [-0.3, -0.25) is 0 Å². The first-order valence-electron chi connectivity index (χ1n) is 4.10. The molecule has 0 fully saturated rings. The van der Waals surface area contributed by atoms with Crippen molar-refractivity contribution >= 4 is 0 Å². The summed E-state index contributed by atoms with van der Waals surface area (Å²) in [7, 11) is 0. The minimum atomic E-state index is -0.197. The van der Waals surface area contributed by atoms with Crippen LogP contribution >= 0.6 is 0 Å². The molecule has 0 spiro atoms. The summed E-state index contributed by atoms with van der Waals surface area (Å²) in [6.07, 6.45) is 3.78. The second kappa shape index (κ2) is 3.22. The van der Waals surface area contributed by atoms with Gasteiger partial charge in [0.2, 0.25) is 0 Å². The zero-order valence-corrected chi connectivity index (χ0v) is 7.30. The molecule has 0 amide bonds. The maximum absolute atomic E-state index is 9.61. The molecule has 0 saturated heterocycles. The molecule has 1 N–H and O–H groups in total. The van der Waals surface area contributed by atoms with Gasteiger partial charge in [-0.05, 0) is 26.7 Å². The molecule has 1 rings (SSSR count). The van der Waals surface area contributed by atoms with E-state index in [9.17, 15) is 5.11 Å². The largest absolute Gasteiger partial charge is 0.392 e. The molecule has 1 nitrogen and oxygen atoms in total. The maximum Gasteiger partial charge on any atom is 0.0645 e. The van der Waals surface area contributed by atoms with Gasteiger partial charge in [0.15, 0.2) is 0 Å². The van der Waals surface area contributed by atoms with Crippen LogP contribution in [0.1, 0.15) is 26.7 Å². The van der Waals surface area contributed by atoms with Gasteiger partial charge in [-0.1, -0.05) is 23.8 Å². The topological polar surface area (TPSA) is 20.2 Å². The number of hydrogen-bond acceptors (Lipinski definition) is 1. The minimum Gasteiger partial charge on any atom is -0.392 e. The first-order valence-corrected chi connectivity index (χ1v) is 4.10. The third-order valence-electron chi connectivity index (χ3n) is 2.35. The van der Waals surface area contributed by atoms with E-state index in [1.807, 2.05) is 6.92 Å². The summed E-state index contributed by atoms with van der Waals surface area (Å²) in [5.41, 5.74) is 2.40. The van der Waals surface area contributed by atoms with Gasteiger partial charge in [0.1, 0.15) is 0 Å². The highest BCUT2D eigenvalue weighted by atomic mass is 16.3. The van der Waals surface area contributed by atoms with Crippen molar-refractivity contribution in [3.8, 4) is 0 Å². The number of allylic oxidation sites excluding steroid dienone is 1. The first-order chi connectivity index (χ1) is 5.11.